The number of halogens is 3. The molecule has 1 saturated heterocycles. The van der Waals surface area contributed by atoms with Gasteiger partial charge in [-0.3, -0.25) is 4.90 Å². The number of hydrogen-bond donors (Lipinski definition) is 1. The smallest absolute Gasteiger partial charge is 0.417 e. The maximum absolute atomic E-state index is 13.1. The van der Waals surface area contributed by atoms with E-state index in [0.717, 1.165) is 32.2 Å². The van der Waals surface area contributed by atoms with Crippen LogP contribution in [0.4, 0.5) is 13.2 Å². The van der Waals surface area contributed by atoms with Crippen molar-refractivity contribution < 1.29 is 17.6 Å². The second-order valence-electron chi connectivity index (χ2n) is 4.96. The molecule has 20 heavy (non-hydrogen) atoms. The first-order chi connectivity index (χ1) is 9.55. The largest absolute Gasteiger partial charge is 0.464 e. The lowest BCUT2D eigenvalue weighted by atomic mass is 10.1. The normalized spacial score (nSPS) is 17.8. The van der Waals surface area contributed by atoms with Gasteiger partial charge in [-0.15, -0.1) is 0 Å². The summed E-state index contributed by atoms with van der Waals surface area (Å²) < 4.78 is 44.6. The fourth-order valence-corrected chi connectivity index (χ4v) is 2.62. The fraction of sp³-hybridized carbons (Fsp3) is 0.429. The van der Waals surface area contributed by atoms with Crippen molar-refractivity contribution in [2.24, 2.45) is 0 Å². The molecule has 0 spiro atoms. The van der Waals surface area contributed by atoms with Crippen LogP contribution in [-0.2, 0) is 12.7 Å². The molecule has 1 fully saturated rings. The number of benzene rings is 1. The molecular weight excluding hydrogens is 269 g/mol. The number of rotatable bonds is 2. The molecule has 0 atom stereocenters. The van der Waals surface area contributed by atoms with Gasteiger partial charge in [-0.05, 0) is 12.1 Å². The van der Waals surface area contributed by atoms with Crippen LogP contribution in [0.5, 0.6) is 0 Å². The highest BCUT2D eigenvalue weighted by Gasteiger charge is 2.34. The molecule has 108 valence electrons. The van der Waals surface area contributed by atoms with E-state index in [4.69, 9.17) is 4.42 Å². The van der Waals surface area contributed by atoms with E-state index in [9.17, 15) is 13.2 Å². The van der Waals surface area contributed by atoms with E-state index in [1.807, 2.05) is 0 Å². The molecule has 1 aromatic heterocycles. The third kappa shape index (κ3) is 2.53. The number of furan rings is 1. The molecular formula is C14H15F3N2O. The molecule has 0 radical (unpaired) electrons. The third-order valence-electron chi connectivity index (χ3n) is 3.58. The van der Waals surface area contributed by atoms with Crippen molar-refractivity contribution in [2.45, 2.75) is 12.7 Å². The molecule has 6 heteroatoms. The van der Waals surface area contributed by atoms with Gasteiger partial charge in [0.1, 0.15) is 5.58 Å². The number of piperazine rings is 1. The minimum atomic E-state index is -4.36. The Kier molecular flexibility index (Phi) is 3.43. The van der Waals surface area contributed by atoms with Crippen molar-refractivity contribution in [3.05, 3.63) is 35.6 Å². The summed E-state index contributed by atoms with van der Waals surface area (Å²) in [6, 6.07) is 4.06. The van der Waals surface area contributed by atoms with E-state index < -0.39 is 11.7 Å². The predicted octanol–water partition coefficient (Wildman–Crippen LogP) is 2.86. The Morgan fingerprint density at radius 2 is 1.95 bits per heavy atom. The van der Waals surface area contributed by atoms with Gasteiger partial charge in [-0.25, -0.2) is 0 Å². The first-order valence-electron chi connectivity index (χ1n) is 6.55. The summed E-state index contributed by atoms with van der Waals surface area (Å²) in [6.45, 7) is 3.88. The quantitative estimate of drug-likeness (QED) is 0.919. The Morgan fingerprint density at radius 3 is 2.65 bits per heavy atom. The van der Waals surface area contributed by atoms with Gasteiger partial charge < -0.3 is 9.73 Å². The Morgan fingerprint density at radius 1 is 1.20 bits per heavy atom. The van der Waals surface area contributed by atoms with Gasteiger partial charge >= 0.3 is 6.18 Å². The molecule has 1 aliphatic rings. The molecule has 0 unspecified atom stereocenters. The van der Waals surface area contributed by atoms with Gasteiger partial charge in [0.25, 0.3) is 0 Å². The second-order valence-corrected chi connectivity index (χ2v) is 4.96. The monoisotopic (exact) mass is 284 g/mol. The van der Waals surface area contributed by atoms with Crippen LogP contribution in [-0.4, -0.2) is 31.1 Å². The highest BCUT2D eigenvalue weighted by atomic mass is 19.4. The number of nitrogens with one attached hydrogen (secondary N) is 1. The van der Waals surface area contributed by atoms with E-state index >= 15 is 0 Å². The van der Waals surface area contributed by atoms with Gasteiger partial charge in [-0.1, -0.05) is 6.07 Å². The topological polar surface area (TPSA) is 28.4 Å². The molecule has 0 amide bonds. The lowest BCUT2D eigenvalue weighted by molar-refractivity contribution is -0.136. The van der Waals surface area contributed by atoms with Crippen molar-refractivity contribution >= 4 is 11.0 Å². The van der Waals surface area contributed by atoms with Crippen molar-refractivity contribution in [1.82, 2.24) is 10.2 Å². The maximum Gasteiger partial charge on any atom is 0.417 e. The third-order valence-corrected chi connectivity index (χ3v) is 3.58. The molecule has 2 aromatic rings. The minimum Gasteiger partial charge on any atom is -0.464 e. The average molecular weight is 284 g/mol. The van der Waals surface area contributed by atoms with Gasteiger partial charge in [0.2, 0.25) is 0 Å². The zero-order valence-electron chi connectivity index (χ0n) is 10.8. The Hall–Kier alpha value is -1.53. The molecule has 2 heterocycles. The summed E-state index contributed by atoms with van der Waals surface area (Å²) >= 11 is 0. The molecule has 0 saturated carbocycles. The Bertz CT molecular complexity index is 600. The molecule has 1 aliphatic heterocycles. The standard InChI is InChI=1S/C14H15F3N2O/c15-14(16,17)11-2-1-3-12-13(11)10(9-20-12)8-19-6-4-18-5-7-19/h1-3,9,18H,4-8H2. The van der Waals surface area contributed by atoms with Crippen LogP contribution in [0.15, 0.2) is 28.9 Å². The Balaban J connectivity index is 1.98. The average Bonchev–Trinajstić information content (AvgIpc) is 2.82. The van der Waals surface area contributed by atoms with Crippen molar-refractivity contribution in [2.75, 3.05) is 26.2 Å². The van der Waals surface area contributed by atoms with Gasteiger partial charge in [0, 0.05) is 43.7 Å². The van der Waals surface area contributed by atoms with Crippen LogP contribution >= 0.6 is 0 Å². The highest BCUT2D eigenvalue weighted by molar-refractivity contribution is 5.85. The molecule has 1 N–H and O–H groups in total. The van der Waals surface area contributed by atoms with Crippen molar-refractivity contribution in [3.8, 4) is 0 Å². The number of nitrogens with zero attached hydrogens (tertiary/aromatic N) is 1. The molecule has 3 nitrogen and oxygen atoms in total. The highest BCUT2D eigenvalue weighted by Crippen LogP contribution is 2.37. The summed E-state index contributed by atoms with van der Waals surface area (Å²) in [6.07, 6.45) is -2.91. The van der Waals surface area contributed by atoms with Crippen LogP contribution in [0.3, 0.4) is 0 Å². The van der Waals surface area contributed by atoms with Crippen molar-refractivity contribution in [3.63, 3.8) is 0 Å². The van der Waals surface area contributed by atoms with Gasteiger partial charge in [0.15, 0.2) is 0 Å². The zero-order valence-corrected chi connectivity index (χ0v) is 10.8. The second kappa shape index (κ2) is 5.10. The van der Waals surface area contributed by atoms with E-state index in [0.29, 0.717) is 17.7 Å². The minimum absolute atomic E-state index is 0.193. The maximum atomic E-state index is 13.1. The summed E-state index contributed by atoms with van der Waals surface area (Å²) in [5, 5.41) is 3.42. The summed E-state index contributed by atoms with van der Waals surface area (Å²) in [4.78, 5) is 2.13. The molecule has 0 aliphatic carbocycles. The van der Waals surface area contributed by atoms with Crippen LogP contribution in [0.2, 0.25) is 0 Å². The molecule has 1 aromatic carbocycles. The van der Waals surface area contributed by atoms with Crippen LogP contribution < -0.4 is 5.32 Å². The first kappa shape index (κ1) is 13.5. The SMILES string of the molecule is FC(F)(F)c1cccc2occ(CN3CCNCC3)c12. The van der Waals surface area contributed by atoms with Gasteiger partial charge in [0.05, 0.1) is 11.8 Å². The number of fused-ring (bicyclic) bond motifs is 1. The Labute approximate surface area is 114 Å². The van der Waals surface area contributed by atoms with E-state index in [1.54, 1.807) is 6.07 Å². The summed E-state index contributed by atoms with van der Waals surface area (Å²) in [7, 11) is 0. The van der Waals surface area contributed by atoms with E-state index in [1.165, 1.54) is 12.3 Å². The van der Waals surface area contributed by atoms with Crippen LogP contribution in [0.25, 0.3) is 11.0 Å². The van der Waals surface area contributed by atoms with E-state index in [2.05, 4.69) is 10.2 Å². The van der Waals surface area contributed by atoms with E-state index in [-0.39, 0.29) is 5.39 Å². The number of alkyl halides is 3. The summed E-state index contributed by atoms with van der Waals surface area (Å²) in [5.74, 6) is 0. The van der Waals surface area contributed by atoms with Gasteiger partial charge in [-0.2, -0.15) is 13.2 Å². The van der Waals surface area contributed by atoms with Crippen LogP contribution in [0, 0.1) is 0 Å². The molecule has 0 bridgehead atoms. The zero-order chi connectivity index (χ0) is 14.2. The van der Waals surface area contributed by atoms with Crippen LogP contribution in [0.1, 0.15) is 11.1 Å². The lowest BCUT2D eigenvalue weighted by Crippen LogP contribution is -2.42. The molecule has 3 rings (SSSR count). The summed E-state index contributed by atoms with van der Waals surface area (Å²) in [5.41, 5.74) is 0.286. The van der Waals surface area contributed by atoms with Crippen molar-refractivity contribution in [1.29, 1.82) is 0 Å². The lowest BCUT2D eigenvalue weighted by Gasteiger charge is -2.26. The first-order valence-corrected chi connectivity index (χ1v) is 6.55. The predicted molar refractivity (Wildman–Crippen MR) is 69.4 cm³/mol. The fourth-order valence-electron chi connectivity index (χ4n) is 2.62. The number of hydrogen-bond acceptors (Lipinski definition) is 3.